The molecular formula is C15H15FN2O4S. The second kappa shape index (κ2) is 6.74. The minimum atomic E-state index is -1.05. The number of rotatable bonds is 5. The zero-order valence-corrected chi connectivity index (χ0v) is 13.5. The average Bonchev–Trinajstić information content (AvgIpc) is 2.89. The number of halogens is 1. The predicted octanol–water partition coefficient (Wildman–Crippen LogP) is 2.79. The summed E-state index contributed by atoms with van der Waals surface area (Å²) in [5.74, 6) is -2.12. The van der Waals surface area contributed by atoms with E-state index in [4.69, 9.17) is 9.84 Å². The van der Waals surface area contributed by atoms with Crippen molar-refractivity contribution >= 4 is 23.2 Å². The first kappa shape index (κ1) is 16.9. The molecule has 1 aromatic heterocycles. The van der Waals surface area contributed by atoms with Crippen LogP contribution in [-0.2, 0) is 0 Å². The first-order valence-corrected chi connectivity index (χ1v) is 7.50. The number of hydrogen-bond acceptors (Lipinski definition) is 5. The highest BCUT2D eigenvalue weighted by Crippen LogP contribution is 2.24. The first-order chi connectivity index (χ1) is 10.8. The summed E-state index contributed by atoms with van der Waals surface area (Å²) in [5.41, 5.74) is 0.538. The monoisotopic (exact) mass is 338 g/mol. The Morgan fingerprint density at radius 1 is 1.43 bits per heavy atom. The molecule has 0 fully saturated rings. The van der Waals surface area contributed by atoms with Crippen LogP contribution in [0, 0.1) is 12.7 Å². The van der Waals surface area contributed by atoms with Crippen molar-refractivity contribution < 1.29 is 23.8 Å². The van der Waals surface area contributed by atoms with Crippen LogP contribution in [0.3, 0.4) is 0 Å². The standard InChI is InChI=1S/C15H15FN2O4S/c1-7-12(15(20)21)23-14(18-7)8(2)17-13(19)9-4-5-11(22-3)10(16)6-9/h4-6,8H,1-3H3,(H,17,19)(H,20,21). The van der Waals surface area contributed by atoms with Gasteiger partial charge in [0.25, 0.3) is 5.91 Å². The molecule has 23 heavy (non-hydrogen) atoms. The van der Waals surface area contributed by atoms with Gasteiger partial charge in [0.15, 0.2) is 11.6 Å². The second-order valence-electron chi connectivity index (χ2n) is 4.82. The lowest BCUT2D eigenvalue weighted by molar-refractivity contribution is 0.0701. The Morgan fingerprint density at radius 3 is 2.65 bits per heavy atom. The van der Waals surface area contributed by atoms with E-state index in [0.717, 1.165) is 17.4 Å². The number of benzene rings is 1. The number of nitrogens with one attached hydrogen (secondary N) is 1. The van der Waals surface area contributed by atoms with Crippen LogP contribution in [0.5, 0.6) is 5.75 Å². The SMILES string of the molecule is COc1ccc(C(=O)NC(C)c2nc(C)c(C(=O)O)s2)cc1F. The molecule has 1 amide bonds. The minimum Gasteiger partial charge on any atom is -0.494 e. The number of amides is 1. The van der Waals surface area contributed by atoms with E-state index in [1.54, 1.807) is 13.8 Å². The van der Waals surface area contributed by atoms with Crippen LogP contribution in [0.15, 0.2) is 18.2 Å². The fraction of sp³-hybridized carbons (Fsp3) is 0.267. The van der Waals surface area contributed by atoms with E-state index >= 15 is 0 Å². The van der Waals surface area contributed by atoms with Crippen molar-refractivity contribution in [2.45, 2.75) is 19.9 Å². The van der Waals surface area contributed by atoms with Gasteiger partial charge in [0.1, 0.15) is 9.88 Å². The number of carbonyl (C=O) groups excluding carboxylic acids is 1. The number of methoxy groups -OCH3 is 1. The van der Waals surface area contributed by atoms with Gasteiger partial charge in [0.05, 0.1) is 18.8 Å². The highest BCUT2D eigenvalue weighted by atomic mass is 32.1. The molecule has 0 saturated carbocycles. The quantitative estimate of drug-likeness (QED) is 0.875. The number of carbonyl (C=O) groups is 2. The smallest absolute Gasteiger partial charge is 0.347 e. The van der Waals surface area contributed by atoms with Crippen LogP contribution in [0.25, 0.3) is 0 Å². The van der Waals surface area contributed by atoms with Crippen LogP contribution in [0.2, 0.25) is 0 Å². The molecule has 1 aromatic carbocycles. The molecule has 0 aliphatic rings. The highest BCUT2D eigenvalue weighted by Gasteiger charge is 2.20. The van der Waals surface area contributed by atoms with Crippen molar-refractivity contribution in [3.8, 4) is 5.75 Å². The van der Waals surface area contributed by atoms with Crippen molar-refractivity contribution in [2.24, 2.45) is 0 Å². The van der Waals surface area contributed by atoms with Gasteiger partial charge < -0.3 is 15.2 Å². The molecule has 2 aromatic rings. The van der Waals surface area contributed by atoms with Crippen molar-refractivity contribution in [3.63, 3.8) is 0 Å². The normalized spacial score (nSPS) is 11.8. The molecule has 2 rings (SSSR count). The number of aryl methyl sites for hydroxylation is 1. The van der Waals surface area contributed by atoms with Gasteiger partial charge >= 0.3 is 5.97 Å². The summed E-state index contributed by atoms with van der Waals surface area (Å²) in [4.78, 5) is 27.5. The van der Waals surface area contributed by atoms with E-state index < -0.39 is 23.7 Å². The Labute approximate surface area is 135 Å². The van der Waals surface area contributed by atoms with Crippen LogP contribution in [0.1, 0.15) is 43.7 Å². The van der Waals surface area contributed by atoms with Gasteiger partial charge in [-0.1, -0.05) is 0 Å². The largest absolute Gasteiger partial charge is 0.494 e. The lowest BCUT2D eigenvalue weighted by Crippen LogP contribution is -2.26. The number of carboxylic acid groups (broad SMARTS) is 1. The average molecular weight is 338 g/mol. The summed E-state index contributed by atoms with van der Waals surface area (Å²) in [7, 11) is 1.34. The van der Waals surface area contributed by atoms with Crippen molar-refractivity contribution in [1.82, 2.24) is 10.3 Å². The number of nitrogens with zero attached hydrogens (tertiary/aromatic N) is 1. The van der Waals surface area contributed by atoms with E-state index in [0.29, 0.717) is 10.7 Å². The Balaban J connectivity index is 2.15. The second-order valence-corrected chi connectivity index (χ2v) is 5.85. The number of aromatic carboxylic acids is 1. The van der Waals surface area contributed by atoms with E-state index in [-0.39, 0.29) is 16.2 Å². The molecule has 1 unspecified atom stereocenters. The molecule has 0 radical (unpaired) electrons. The molecule has 0 saturated heterocycles. The predicted molar refractivity (Wildman–Crippen MR) is 82.6 cm³/mol. The molecule has 6 nitrogen and oxygen atoms in total. The lowest BCUT2D eigenvalue weighted by Gasteiger charge is -2.11. The van der Waals surface area contributed by atoms with Crippen molar-refractivity contribution in [2.75, 3.05) is 7.11 Å². The molecule has 2 N–H and O–H groups in total. The Kier molecular flexibility index (Phi) is 4.95. The van der Waals surface area contributed by atoms with Gasteiger partial charge in [-0.05, 0) is 32.0 Å². The Hall–Kier alpha value is -2.48. The van der Waals surface area contributed by atoms with Crippen molar-refractivity contribution in [1.29, 1.82) is 0 Å². The van der Waals surface area contributed by atoms with Gasteiger partial charge in [-0.2, -0.15) is 0 Å². The topological polar surface area (TPSA) is 88.5 Å². The zero-order chi connectivity index (χ0) is 17.1. The summed E-state index contributed by atoms with van der Waals surface area (Å²) in [6.45, 7) is 3.28. The third-order valence-electron chi connectivity index (χ3n) is 3.14. The maximum absolute atomic E-state index is 13.6. The number of carboxylic acids is 1. The molecule has 122 valence electrons. The molecule has 1 atom stereocenters. The fourth-order valence-corrected chi connectivity index (χ4v) is 2.86. The Morgan fingerprint density at radius 2 is 2.13 bits per heavy atom. The van der Waals surface area contributed by atoms with Gasteiger partial charge in [-0.25, -0.2) is 14.2 Å². The summed E-state index contributed by atoms with van der Waals surface area (Å²) < 4.78 is 18.4. The summed E-state index contributed by atoms with van der Waals surface area (Å²) in [6.07, 6.45) is 0. The molecule has 8 heteroatoms. The van der Waals surface area contributed by atoms with Gasteiger partial charge in [0, 0.05) is 5.56 Å². The van der Waals surface area contributed by atoms with Crippen LogP contribution >= 0.6 is 11.3 Å². The summed E-state index contributed by atoms with van der Waals surface area (Å²) in [6, 6.07) is 3.39. The number of thiazole rings is 1. The summed E-state index contributed by atoms with van der Waals surface area (Å²) in [5, 5.41) is 12.2. The summed E-state index contributed by atoms with van der Waals surface area (Å²) >= 11 is 1.00. The number of aromatic nitrogens is 1. The van der Waals surface area contributed by atoms with E-state index in [1.807, 2.05) is 0 Å². The van der Waals surface area contributed by atoms with E-state index in [9.17, 15) is 14.0 Å². The first-order valence-electron chi connectivity index (χ1n) is 6.68. The van der Waals surface area contributed by atoms with Crippen molar-refractivity contribution in [3.05, 3.63) is 45.2 Å². The van der Waals surface area contributed by atoms with Crippen LogP contribution in [-0.4, -0.2) is 29.1 Å². The number of hydrogen-bond donors (Lipinski definition) is 2. The molecule has 0 bridgehead atoms. The van der Waals surface area contributed by atoms with Crippen LogP contribution < -0.4 is 10.1 Å². The van der Waals surface area contributed by atoms with Gasteiger partial charge in [-0.15, -0.1) is 11.3 Å². The highest BCUT2D eigenvalue weighted by molar-refractivity contribution is 7.13. The molecule has 0 spiro atoms. The maximum atomic E-state index is 13.6. The van der Waals surface area contributed by atoms with E-state index in [2.05, 4.69) is 10.3 Å². The van der Waals surface area contributed by atoms with Gasteiger partial charge in [-0.3, -0.25) is 4.79 Å². The van der Waals surface area contributed by atoms with Gasteiger partial charge in [0.2, 0.25) is 0 Å². The molecule has 1 heterocycles. The molecule has 0 aliphatic heterocycles. The molecule has 0 aliphatic carbocycles. The lowest BCUT2D eigenvalue weighted by atomic mass is 10.2. The zero-order valence-electron chi connectivity index (χ0n) is 12.7. The third kappa shape index (κ3) is 3.65. The van der Waals surface area contributed by atoms with E-state index in [1.165, 1.54) is 19.2 Å². The minimum absolute atomic E-state index is 0.0521. The third-order valence-corrected chi connectivity index (χ3v) is 4.47. The number of ether oxygens (including phenoxy) is 1. The fourth-order valence-electron chi connectivity index (χ4n) is 1.95. The maximum Gasteiger partial charge on any atom is 0.347 e. The molecular weight excluding hydrogens is 323 g/mol. The Bertz CT molecular complexity index is 760. The van der Waals surface area contributed by atoms with Crippen LogP contribution in [0.4, 0.5) is 4.39 Å².